The zero-order valence-electron chi connectivity index (χ0n) is 14.6. The van der Waals surface area contributed by atoms with E-state index in [9.17, 15) is 4.79 Å². The van der Waals surface area contributed by atoms with Crippen LogP contribution in [0.25, 0.3) is 0 Å². The van der Waals surface area contributed by atoms with E-state index in [4.69, 9.17) is 4.74 Å². The Morgan fingerprint density at radius 3 is 2.65 bits per heavy atom. The molecule has 5 nitrogen and oxygen atoms in total. The highest BCUT2D eigenvalue weighted by Crippen LogP contribution is 2.20. The molecular weight excluding hydrogens is 310 g/mol. The van der Waals surface area contributed by atoms with Gasteiger partial charge in [0, 0.05) is 36.6 Å². The minimum absolute atomic E-state index is 0.0859. The summed E-state index contributed by atoms with van der Waals surface area (Å²) in [7, 11) is 0. The van der Waals surface area contributed by atoms with Gasteiger partial charge in [0.25, 0.3) is 0 Å². The summed E-state index contributed by atoms with van der Waals surface area (Å²) in [6.07, 6.45) is 1.35. The number of nitrogens with one attached hydrogen (secondary N) is 2. The molecule has 2 N–H and O–H groups in total. The number of urea groups is 1. The number of carbonyl (C=O) groups excluding carboxylic acids is 1. The maximum atomic E-state index is 12.0. The van der Waals surface area contributed by atoms with Crippen molar-refractivity contribution in [2.24, 2.45) is 0 Å². The average molecular weight is 340 g/mol. The Kier molecular flexibility index (Phi) is 6.44. The van der Waals surface area contributed by atoms with Crippen LogP contribution in [0.3, 0.4) is 0 Å². The molecule has 2 rings (SSSR count). The number of morpholine rings is 1. The Hall–Kier alpha value is -1.11. The van der Waals surface area contributed by atoms with E-state index in [-0.39, 0.29) is 23.8 Å². The van der Waals surface area contributed by atoms with Crippen LogP contribution in [0.4, 0.5) is 4.79 Å². The fraction of sp³-hybridized carbons (Fsp3) is 0.706. The monoisotopic (exact) mass is 339 g/mol. The standard InChI is InChI=1S/C17H29N3O2S/c1-13-10-20(11-14(2)22-13)17(3,4)12-19-16(21)18-8-7-15-6-5-9-23-15/h5-6,9,13-14H,7-8,10-12H2,1-4H3,(H2,18,19,21)/t13-,14-/m0/s1. The molecule has 2 amide bonds. The lowest BCUT2D eigenvalue weighted by Crippen LogP contribution is -2.59. The van der Waals surface area contributed by atoms with Crippen molar-refractivity contribution >= 4 is 17.4 Å². The van der Waals surface area contributed by atoms with Gasteiger partial charge in [0.15, 0.2) is 0 Å². The maximum absolute atomic E-state index is 12.0. The van der Waals surface area contributed by atoms with E-state index >= 15 is 0 Å². The molecule has 0 saturated carbocycles. The minimum Gasteiger partial charge on any atom is -0.373 e. The number of ether oxygens (including phenoxy) is 1. The lowest BCUT2D eigenvalue weighted by atomic mass is 10.00. The molecule has 2 heterocycles. The first-order valence-corrected chi connectivity index (χ1v) is 9.19. The summed E-state index contributed by atoms with van der Waals surface area (Å²) in [6.45, 7) is 11.6. The highest BCUT2D eigenvalue weighted by molar-refractivity contribution is 7.09. The number of hydrogen-bond acceptors (Lipinski definition) is 4. The van der Waals surface area contributed by atoms with E-state index in [1.54, 1.807) is 11.3 Å². The van der Waals surface area contributed by atoms with Crippen molar-refractivity contribution in [3.8, 4) is 0 Å². The van der Waals surface area contributed by atoms with Gasteiger partial charge in [-0.3, -0.25) is 4.90 Å². The van der Waals surface area contributed by atoms with E-state index in [0.717, 1.165) is 19.5 Å². The Labute approximate surface area is 143 Å². The molecule has 1 fully saturated rings. The molecule has 0 radical (unpaired) electrons. The van der Waals surface area contributed by atoms with Crippen molar-refractivity contribution in [3.63, 3.8) is 0 Å². The number of rotatable bonds is 6. The first kappa shape index (κ1) is 18.2. The van der Waals surface area contributed by atoms with Crippen LogP contribution in [0.2, 0.25) is 0 Å². The molecule has 1 aromatic rings. The summed E-state index contributed by atoms with van der Waals surface area (Å²) in [4.78, 5) is 15.7. The Bertz CT molecular complexity index is 480. The van der Waals surface area contributed by atoms with Crippen LogP contribution in [0.1, 0.15) is 32.6 Å². The molecule has 130 valence electrons. The SMILES string of the molecule is C[C@H]1CN(C(C)(C)CNC(=O)NCCc2cccs2)C[C@H](C)O1. The lowest BCUT2D eigenvalue weighted by Gasteiger charge is -2.45. The van der Waals surface area contributed by atoms with Crippen molar-refractivity contribution in [2.45, 2.75) is 51.9 Å². The second kappa shape index (κ2) is 8.13. The normalized spacial score (nSPS) is 22.8. The van der Waals surface area contributed by atoms with Gasteiger partial charge in [-0.25, -0.2) is 4.79 Å². The third kappa shape index (κ3) is 5.79. The highest BCUT2D eigenvalue weighted by atomic mass is 32.1. The van der Waals surface area contributed by atoms with Gasteiger partial charge in [0.1, 0.15) is 0 Å². The third-order valence-electron chi connectivity index (χ3n) is 4.19. The summed E-state index contributed by atoms with van der Waals surface area (Å²) < 4.78 is 5.79. The molecule has 6 heteroatoms. The van der Waals surface area contributed by atoms with Gasteiger partial charge in [0.05, 0.1) is 12.2 Å². The van der Waals surface area contributed by atoms with Crippen molar-refractivity contribution in [2.75, 3.05) is 26.2 Å². The minimum atomic E-state index is -0.0935. The Balaban J connectivity index is 1.71. The van der Waals surface area contributed by atoms with E-state index in [0.29, 0.717) is 13.1 Å². The van der Waals surface area contributed by atoms with Gasteiger partial charge in [0.2, 0.25) is 0 Å². The van der Waals surface area contributed by atoms with Gasteiger partial charge in [-0.15, -0.1) is 11.3 Å². The van der Waals surface area contributed by atoms with Crippen LogP contribution >= 0.6 is 11.3 Å². The summed E-state index contributed by atoms with van der Waals surface area (Å²) in [5.74, 6) is 0. The first-order valence-electron chi connectivity index (χ1n) is 8.31. The smallest absolute Gasteiger partial charge is 0.314 e. The largest absolute Gasteiger partial charge is 0.373 e. The molecule has 1 aliphatic heterocycles. The lowest BCUT2D eigenvalue weighted by molar-refractivity contribution is -0.0947. The zero-order chi connectivity index (χ0) is 16.9. The van der Waals surface area contributed by atoms with Crippen molar-refractivity contribution in [3.05, 3.63) is 22.4 Å². The molecule has 0 bridgehead atoms. The van der Waals surface area contributed by atoms with E-state index in [2.05, 4.69) is 54.7 Å². The second-order valence-corrected chi connectivity index (χ2v) is 7.95. The molecule has 0 spiro atoms. The zero-order valence-corrected chi connectivity index (χ0v) is 15.4. The average Bonchev–Trinajstić information content (AvgIpc) is 2.97. The second-order valence-electron chi connectivity index (χ2n) is 6.91. The quantitative estimate of drug-likeness (QED) is 0.837. The van der Waals surface area contributed by atoms with E-state index in [1.807, 2.05) is 6.07 Å². The molecule has 1 aromatic heterocycles. The molecule has 1 saturated heterocycles. The highest BCUT2D eigenvalue weighted by Gasteiger charge is 2.33. The predicted molar refractivity (Wildman–Crippen MR) is 95.1 cm³/mol. The van der Waals surface area contributed by atoms with E-state index in [1.165, 1.54) is 4.88 Å². The first-order chi connectivity index (χ1) is 10.9. The summed E-state index contributed by atoms with van der Waals surface area (Å²) in [5.41, 5.74) is -0.0859. The number of nitrogens with zero attached hydrogens (tertiary/aromatic N) is 1. The van der Waals surface area contributed by atoms with E-state index < -0.39 is 0 Å². The summed E-state index contributed by atoms with van der Waals surface area (Å²) in [6, 6.07) is 4.03. The van der Waals surface area contributed by atoms with Crippen molar-refractivity contribution in [1.29, 1.82) is 0 Å². The molecule has 0 unspecified atom stereocenters. The number of thiophene rings is 1. The van der Waals surface area contributed by atoms with Crippen LogP contribution in [0.15, 0.2) is 17.5 Å². The maximum Gasteiger partial charge on any atom is 0.314 e. The Morgan fingerprint density at radius 2 is 2.04 bits per heavy atom. The van der Waals surface area contributed by atoms with Crippen LogP contribution in [-0.2, 0) is 11.2 Å². The van der Waals surface area contributed by atoms with Gasteiger partial charge >= 0.3 is 6.03 Å². The summed E-state index contributed by atoms with van der Waals surface area (Å²) in [5, 5.41) is 7.99. The molecular formula is C17H29N3O2S. The van der Waals surface area contributed by atoms with Crippen LogP contribution in [0.5, 0.6) is 0 Å². The van der Waals surface area contributed by atoms with Crippen molar-refractivity contribution < 1.29 is 9.53 Å². The van der Waals surface area contributed by atoms with Crippen molar-refractivity contribution in [1.82, 2.24) is 15.5 Å². The van der Waals surface area contributed by atoms with Crippen LogP contribution in [-0.4, -0.2) is 54.9 Å². The van der Waals surface area contributed by atoms with Crippen LogP contribution in [0, 0.1) is 0 Å². The fourth-order valence-corrected chi connectivity index (χ4v) is 3.61. The number of amides is 2. The number of hydrogen-bond donors (Lipinski definition) is 2. The molecule has 2 atom stereocenters. The van der Waals surface area contributed by atoms with Gasteiger partial charge < -0.3 is 15.4 Å². The fourth-order valence-electron chi connectivity index (χ4n) is 2.90. The Morgan fingerprint density at radius 1 is 1.35 bits per heavy atom. The molecule has 1 aliphatic rings. The number of carbonyl (C=O) groups is 1. The van der Waals surface area contributed by atoms with Gasteiger partial charge in [-0.05, 0) is 45.6 Å². The van der Waals surface area contributed by atoms with Crippen LogP contribution < -0.4 is 10.6 Å². The van der Waals surface area contributed by atoms with Gasteiger partial charge in [-0.2, -0.15) is 0 Å². The van der Waals surface area contributed by atoms with Gasteiger partial charge in [-0.1, -0.05) is 6.07 Å². The molecule has 23 heavy (non-hydrogen) atoms. The molecule has 0 aromatic carbocycles. The topological polar surface area (TPSA) is 53.6 Å². The third-order valence-corrected chi connectivity index (χ3v) is 5.13. The predicted octanol–water partition coefficient (Wildman–Crippen LogP) is 2.48. The molecule has 0 aliphatic carbocycles. The summed E-state index contributed by atoms with van der Waals surface area (Å²) >= 11 is 1.72.